The Kier molecular flexibility index (Phi) is 3.82. The largest absolute Gasteiger partial charge is 0.479 e. The Bertz CT molecular complexity index is 818. The van der Waals surface area contributed by atoms with Crippen LogP contribution in [0.3, 0.4) is 0 Å². The number of aryl methyl sites for hydroxylation is 1. The summed E-state index contributed by atoms with van der Waals surface area (Å²) in [5.41, 5.74) is 3.37. The molecule has 0 aliphatic rings. The van der Waals surface area contributed by atoms with Crippen molar-refractivity contribution in [2.75, 3.05) is 7.11 Å². The Morgan fingerprint density at radius 3 is 2.81 bits per heavy atom. The molecule has 0 atom stereocenters. The zero-order valence-corrected chi connectivity index (χ0v) is 13.8. The van der Waals surface area contributed by atoms with E-state index in [4.69, 9.17) is 16.3 Å². The number of alkyl halides is 1. The van der Waals surface area contributed by atoms with Gasteiger partial charge in [-0.25, -0.2) is 9.97 Å². The molecule has 3 aromatic rings. The summed E-state index contributed by atoms with van der Waals surface area (Å²) in [6.07, 6.45) is 1.46. The quantitative estimate of drug-likeness (QED) is 0.663. The Morgan fingerprint density at radius 2 is 2.14 bits per heavy atom. The number of ether oxygens (including phenoxy) is 1. The average molecular weight is 368 g/mol. The van der Waals surface area contributed by atoms with Gasteiger partial charge >= 0.3 is 0 Å². The van der Waals surface area contributed by atoms with Gasteiger partial charge in [0.2, 0.25) is 5.88 Å². The molecule has 2 aromatic heterocycles. The van der Waals surface area contributed by atoms with Crippen LogP contribution in [0.2, 0.25) is 0 Å². The third kappa shape index (κ3) is 2.38. The molecule has 0 fully saturated rings. The lowest BCUT2D eigenvalue weighted by molar-refractivity contribution is 0.401. The van der Waals surface area contributed by atoms with E-state index in [1.54, 1.807) is 7.11 Å². The van der Waals surface area contributed by atoms with Crippen molar-refractivity contribution >= 4 is 38.7 Å². The van der Waals surface area contributed by atoms with Gasteiger partial charge in [0.15, 0.2) is 11.2 Å². The third-order valence-electron chi connectivity index (χ3n) is 3.19. The first-order valence-corrected chi connectivity index (χ1v) is 7.57. The van der Waals surface area contributed by atoms with Gasteiger partial charge in [-0.3, -0.25) is 4.57 Å². The molecule has 0 aliphatic heterocycles. The molecule has 2 heterocycles. The van der Waals surface area contributed by atoms with Gasteiger partial charge in [-0.2, -0.15) is 4.98 Å². The van der Waals surface area contributed by atoms with Crippen LogP contribution in [-0.2, 0) is 5.88 Å². The number of halogens is 2. The molecule has 108 valence electrons. The molecule has 5 nitrogen and oxygen atoms in total. The maximum Gasteiger partial charge on any atom is 0.245 e. The van der Waals surface area contributed by atoms with Crippen molar-refractivity contribution in [1.29, 1.82) is 0 Å². The topological polar surface area (TPSA) is 52.8 Å². The summed E-state index contributed by atoms with van der Waals surface area (Å²) >= 11 is 9.52. The van der Waals surface area contributed by atoms with Crippen molar-refractivity contribution in [2.45, 2.75) is 12.8 Å². The van der Waals surface area contributed by atoms with Crippen molar-refractivity contribution in [2.24, 2.45) is 0 Å². The number of nitrogens with zero attached hydrogens (tertiary/aromatic N) is 4. The highest BCUT2D eigenvalue weighted by Crippen LogP contribution is 2.28. The van der Waals surface area contributed by atoms with Crippen molar-refractivity contribution in [3.63, 3.8) is 0 Å². The van der Waals surface area contributed by atoms with Gasteiger partial charge in [-0.1, -0.05) is 15.9 Å². The maximum absolute atomic E-state index is 6.05. The van der Waals surface area contributed by atoms with Crippen molar-refractivity contribution in [3.05, 3.63) is 40.4 Å². The lowest BCUT2D eigenvalue weighted by Gasteiger charge is -2.10. The molecule has 0 radical (unpaired) electrons. The first kappa shape index (κ1) is 14.3. The van der Waals surface area contributed by atoms with E-state index in [0.717, 1.165) is 15.7 Å². The molecule has 0 N–H and O–H groups in total. The average Bonchev–Trinajstić information content (AvgIpc) is 2.85. The number of aromatic nitrogens is 4. The fourth-order valence-corrected chi connectivity index (χ4v) is 2.93. The van der Waals surface area contributed by atoms with Gasteiger partial charge in [0.05, 0.1) is 18.7 Å². The van der Waals surface area contributed by atoms with E-state index < -0.39 is 0 Å². The molecule has 0 unspecified atom stereocenters. The van der Waals surface area contributed by atoms with Gasteiger partial charge in [-0.15, -0.1) is 11.6 Å². The van der Waals surface area contributed by atoms with Crippen LogP contribution < -0.4 is 4.74 Å². The molecule has 0 bridgehead atoms. The van der Waals surface area contributed by atoms with E-state index >= 15 is 0 Å². The minimum atomic E-state index is 0.273. The summed E-state index contributed by atoms with van der Waals surface area (Å²) < 4.78 is 8.21. The van der Waals surface area contributed by atoms with Crippen LogP contribution in [-0.4, -0.2) is 26.6 Å². The van der Waals surface area contributed by atoms with Crippen LogP contribution in [0.4, 0.5) is 0 Å². The van der Waals surface area contributed by atoms with E-state index in [1.807, 2.05) is 29.7 Å². The number of hydrogen-bond acceptors (Lipinski definition) is 4. The van der Waals surface area contributed by atoms with Crippen LogP contribution in [0, 0.1) is 6.92 Å². The fourth-order valence-electron chi connectivity index (χ4n) is 2.28. The number of rotatable bonds is 3. The minimum absolute atomic E-state index is 0.273. The van der Waals surface area contributed by atoms with Crippen LogP contribution in [0.25, 0.3) is 16.9 Å². The number of methoxy groups -OCH3 is 1. The first-order valence-electron chi connectivity index (χ1n) is 6.24. The summed E-state index contributed by atoms with van der Waals surface area (Å²) in [6.45, 7) is 2.03. The molecule has 3 rings (SSSR count). The summed E-state index contributed by atoms with van der Waals surface area (Å²) in [5, 5.41) is 0. The van der Waals surface area contributed by atoms with Crippen molar-refractivity contribution in [1.82, 2.24) is 19.5 Å². The predicted molar refractivity (Wildman–Crippen MR) is 85.2 cm³/mol. The van der Waals surface area contributed by atoms with E-state index in [1.165, 1.54) is 6.33 Å². The highest BCUT2D eigenvalue weighted by molar-refractivity contribution is 9.10. The SMILES string of the molecule is COc1ncnc2c1nc(CCl)n2-c1ccc(Br)cc1C. The normalized spacial score (nSPS) is 11.0. The molecule has 0 saturated carbocycles. The number of benzene rings is 1. The molecular formula is C14H12BrClN4O. The predicted octanol–water partition coefficient (Wildman–Crippen LogP) is 3.63. The summed E-state index contributed by atoms with van der Waals surface area (Å²) in [4.78, 5) is 12.9. The standard InChI is InChI=1S/C14H12BrClN4O/c1-8-5-9(15)3-4-10(8)20-11(6-16)19-12-13(20)17-7-18-14(12)21-2/h3-5,7H,6H2,1-2H3. The van der Waals surface area contributed by atoms with Gasteiger partial charge < -0.3 is 4.74 Å². The Balaban J connectivity index is 2.35. The van der Waals surface area contributed by atoms with E-state index in [-0.39, 0.29) is 5.88 Å². The fraction of sp³-hybridized carbons (Fsp3) is 0.214. The van der Waals surface area contributed by atoms with E-state index in [2.05, 4.69) is 30.9 Å². The summed E-state index contributed by atoms with van der Waals surface area (Å²) in [6, 6.07) is 6.02. The summed E-state index contributed by atoms with van der Waals surface area (Å²) in [7, 11) is 1.56. The van der Waals surface area contributed by atoms with E-state index in [0.29, 0.717) is 22.9 Å². The Hall–Kier alpha value is -1.66. The Labute approximate surface area is 135 Å². The molecule has 21 heavy (non-hydrogen) atoms. The van der Waals surface area contributed by atoms with E-state index in [9.17, 15) is 0 Å². The zero-order valence-electron chi connectivity index (χ0n) is 11.5. The molecule has 1 aromatic carbocycles. The second-order valence-corrected chi connectivity index (χ2v) is 5.67. The van der Waals surface area contributed by atoms with Crippen LogP contribution in [0.15, 0.2) is 29.0 Å². The second-order valence-electron chi connectivity index (χ2n) is 4.48. The molecule has 0 aliphatic carbocycles. The second kappa shape index (κ2) is 5.61. The molecule has 0 saturated heterocycles. The van der Waals surface area contributed by atoms with Crippen molar-refractivity contribution in [3.8, 4) is 11.6 Å². The number of fused-ring (bicyclic) bond motifs is 1. The monoisotopic (exact) mass is 366 g/mol. The van der Waals surface area contributed by atoms with Crippen LogP contribution in [0.1, 0.15) is 11.4 Å². The molecule has 0 amide bonds. The maximum atomic E-state index is 6.05. The van der Waals surface area contributed by atoms with Crippen LogP contribution >= 0.6 is 27.5 Å². The smallest absolute Gasteiger partial charge is 0.245 e. The highest BCUT2D eigenvalue weighted by Gasteiger charge is 2.18. The lowest BCUT2D eigenvalue weighted by atomic mass is 10.2. The van der Waals surface area contributed by atoms with Crippen LogP contribution in [0.5, 0.6) is 5.88 Å². The number of hydrogen-bond donors (Lipinski definition) is 0. The minimum Gasteiger partial charge on any atom is -0.479 e. The summed E-state index contributed by atoms with van der Waals surface area (Å²) in [5.74, 6) is 1.42. The molecular weight excluding hydrogens is 356 g/mol. The van der Waals surface area contributed by atoms with Crippen molar-refractivity contribution < 1.29 is 4.74 Å². The van der Waals surface area contributed by atoms with Gasteiger partial charge in [0.1, 0.15) is 12.2 Å². The van der Waals surface area contributed by atoms with Gasteiger partial charge in [0.25, 0.3) is 0 Å². The molecule has 0 spiro atoms. The van der Waals surface area contributed by atoms with Gasteiger partial charge in [-0.05, 0) is 30.7 Å². The first-order chi connectivity index (χ1) is 10.2. The third-order valence-corrected chi connectivity index (χ3v) is 3.93. The zero-order chi connectivity index (χ0) is 15.0. The molecule has 7 heteroatoms. The van der Waals surface area contributed by atoms with Gasteiger partial charge in [0, 0.05) is 4.47 Å². The Morgan fingerprint density at radius 1 is 1.33 bits per heavy atom. The lowest BCUT2D eigenvalue weighted by Crippen LogP contribution is -2.02. The number of imidazole rings is 1. The highest BCUT2D eigenvalue weighted by atomic mass is 79.9.